The second-order valence-electron chi connectivity index (χ2n) is 14.4. The number of rotatable bonds is 12. The van der Waals surface area contributed by atoms with Crippen molar-refractivity contribution in [2.75, 3.05) is 17.9 Å². The molecule has 3 aromatic carbocycles. The number of fused-ring (bicyclic) bond motifs is 2. The van der Waals surface area contributed by atoms with Crippen molar-refractivity contribution in [3.05, 3.63) is 99.9 Å². The number of carbonyl (C=O) groups excluding carboxylic acids is 1. The number of halogens is 1. The lowest BCUT2D eigenvalue weighted by Crippen LogP contribution is -2.70. The molecule has 5 fully saturated rings. The SMILES string of the molecule is C[C@H]1[C@H](OCCNC(=O)c2ccc(COc3ccc(/C=C/S(=O)(=O)Nc4ccccc4Cl)cc3)cc2)O[C@@H]2O[C@@]3(C)CC[C@H]4[C@H](C)CC[C@@H]1[C@@]24OO3. The maximum Gasteiger partial charge on any atom is 0.255 e. The number of ether oxygens (including phenoxy) is 4. The van der Waals surface area contributed by atoms with Gasteiger partial charge in [0.15, 0.2) is 18.2 Å². The van der Waals surface area contributed by atoms with Crippen molar-refractivity contribution >= 4 is 39.3 Å². The Hall–Kier alpha value is -3.49. The monoisotopic (exact) mass is 752 g/mol. The van der Waals surface area contributed by atoms with Crippen LogP contribution in [0.3, 0.4) is 0 Å². The first-order chi connectivity index (χ1) is 24.9. The molecular weight excluding hydrogens is 708 g/mol. The summed E-state index contributed by atoms with van der Waals surface area (Å²) in [6.45, 7) is 7.25. The summed E-state index contributed by atoms with van der Waals surface area (Å²) in [5.41, 5.74) is 1.77. The lowest BCUT2D eigenvalue weighted by molar-refractivity contribution is -0.577. The fourth-order valence-corrected chi connectivity index (χ4v) is 9.13. The topological polar surface area (TPSA) is 131 Å². The fraction of sp³-hybridized carbons (Fsp3) is 0.462. The lowest BCUT2D eigenvalue weighted by atomic mass is 9.58. The molecule has 1 amide bonds. The Balaban J connectivity index is 0.855. The van der Waals surface area contributed by atoms with Crippen LogP contribution in [0.15, 0.2) is 78.2 Å². The van der Waals surface area contributed by atoms with E-state index in [1.807, 2.05) is 19.1 Å². The Morgan fingerprint density at radius 2 is 1.75 bits per heavy atom. The van der Waals surface area contributed by atoms with E-state index >= 15 is 0 Å². The quantitative estimate of drug-likeness (QED) is 0.145. The third-order valence-electron chi connectivity index (χ3n) is 10.8. The van der Waals surface area contributed by atoms with E-state index in [0.717, 1.165) is 36.7 Å². The zero-order valence-corrected chi connectivity index (χ0v) is 31.0. The molecule has 5 aliphatic rings. The van der Waals surface area contributed by atoms with Crippen molar-refractivity contribution in [1.29, 1.82) is 0 Å². The molecule has 8 rings (SSSR count). The predicted molar refractivity (Wildman–Crippen MR) is 195 cm³/mol. The van der Waals surface area contributed by atoms with Gasteiger partial charge in [-0.25, -0.2) is 18.2 Å². The molecule has 278 valence electrons. The molecule has 2 bridgehead atoms. The minimum Gasteiger partial charge on any atom is -0.489 e. The fourth-order valence-electron chi connectivity index (χ4n) is 8.00. The Kier molecular flexibility index (Phi) is 10.7. The van der Waals surface area contributed by atoms with Crippen molar-refractivity contribution in [3.63, 3.8) is 0 Å². The van der Waals surface area contributed by atoms with E-state index < -0.39 is 34.0 Å². The summed E-state index contributed by atoms with van der Waals surface area (Å²) in [6, 6.07) is 20.9. The molecule has 2 N–H and O–H groups in total. The van der Waals surface area contributed by atoms with Gasteiger partial charge in [0, 0.05) is 30.4 Å². The Bertz CT molecular complexity index is 1870. The van der Waals surface area contributed by atoms with Crippen molar-refractivity contribution in [1.82, 2.24) is 5.32 Å². The summed E-state index contributed by atoms with van der Waals surface area (Å²) in [5.74, 6) is 0.598. The Labute approximate surface area is 309 Å². The van der Waals surface area contributed by atoms with Crippen LogP contribution in [-0.4, -0.2) is 51.4 Å². The van der Waals surface area contributed by atoms with E-state index in [1.165, 1.54) is 6.08 Å². The minimum atomic E-state index is -3.74. The molecular formula is C39H45ClN2O9S. The predicted octanol–water partition coefficient (Wildman–Crippen LogP) is 7.29. The van der Waals surface area contributed by atoms with Crippen LogP contribution in [0.25, 0.3) is 6.08 Å². The number of anilines is 1. The van der Waals surface area contributed by atoms with Gasteiger partial charge in [0.2, 0.25) is 5.79 Å². The van der Waals surface area contributed by atoms with Crippen LogP contribution in [0, 0.1) is 23.7 Å². The second-order valence-corrected chi connectivity index (χ2v) is 16.4. The van der Waals surface area contributed by atoms with Crippen LogP contribution < -0.4 is 14.8 Å². The van der Waals surface area contributed by atoms with Gasteiger partial charge in [-0.2, -0.15) is 0 Å². The zero-order chi connectivity index (χ0) is 36.5. The summed E-state index contributed by atoms with van der Waals surface area (Å²) < 4.78 is 52.3. The molecule has 8 atom stereocenters. The molecule has 3 aromatic rings. The summed E-state index contributed by atoms with van der Waals surface area (Å²) in [6.07, 6.45) is 4.28. The average molecular weight is 753 g/mol. The van der Waals surface area contributed by atoms with E-state index in [2.05, 4.69) is 23.9 Å². The van der Waals surface area contributed by atoms with Crippen LogP contribution in [-0.2, 0) is 40.6 Å². The molecule has 1 spiro atoms. The average Bonchev–Trinajstić information content (AvgIpc) is 3.37. The molecule has 0 aromatic heterocycles. The number of benzene rings is 3. The van der Waals surface area contributed by atoms with Crippen molar-refractivity contribution in [2.45, 2.75) is 77.0 Å². The van der Waals surface area contributed by atoms with E-state index in [1.54, 1.807) is 60.7 Å². The summed E-state index contributed by atoms with van der Waals surface area (Å²) in [5, 5.41) is 4.34. The van der Waals surface area contributed by atoms with Gasteiger partial charge in [-0.15, -0.1) is 0 Å². The first-order valence-electron chi connectivity index (χ1n) is 17.8. The number of amides is 1. The minimum absolute atomic E-state index is 0.0631. The van der Waals surface area contributed by atoms with Gasteiger partial charge >= 0.3 is 0 Å². The van der Waals surface area contributed by atoms with Crippen LogP contribution >= 0.6 is 11.6 Å². The highest BCUT2D eigenvalue weighted by molar-refractivity contribution is 7.95. The van der Waals surface area contributed by atoms with E-state index in [-0.39, 0.29) is 24.3 Å². The van der Waals surface area contributed by atoms with Crippen LogP contribution in [0.2, 0.25) is 5.02 Å². The van der Waals surface area contributed by atoms with Gasteiger partial charge < -0.3 is 24.3 Å². The maximum absolute atomic E-state index is 12.9. The highest BCUT2D eigenvalue weighted by Gasteiger charge is 2.69. The largest absolute Gasteiger partial charge is 0.489 e. The Morgan fingerprint density at radius 3 is 2.52 bits per heavy atom. The summed E-state index contributed by atoms with van der Waals surface area (Å²) >= 11 is 6.05. The maximum atomic E-state index is 12.9. The highest BCUT2D eigenvalue weighted by atomic mass is 35.5. The third kappa shape index (κ3) is 7.75. The first kappa shape index (κ1) is 36.9. The molecule has 13 heteroatoms. The first-order valence-corrected chi connectivity index (χ1v) is 19.7. The standard InChI is InChI=1S/C39H45ClN2O9S/c1-25-8-17-32-26(2)36(48-37-39(32)31(25)18-20-38(3,49-37)50-51-39)46-22-21-41-35(43)29-13-9-28(10-14-29)24-47-30-15-11-27(12-16-30)19-23-52(44,45)42-34-7-5-4-6-33(34)40/h4-7,9-16,19,23,25-26,31-32,36-37,42H,8,17-18,20-22,24H2,1-3H3,(H,41,43)/b23-19+/t25-,26-,31+,32+,36-,37-,38-,39-/m1/s1. The number of carbonyl (C=O) groups is 1. The molecule has 0 unspecified atom stereocenters. The van der Waals surface area contributed by atoms with Crippen molar-refractivity contribution < 1.29 is 41.9 Å². The van der Waals surface area contributed by atoms with Crippen LogP contribution in [0.5, 0.6) is 5.75 Å². The van der Waals surface area contributed by atoms with Gasteiger partial charge in [0.1, 0.15) is 12.4 Å². The van der Waals surface area contributed by atoms with Gasteiger partial charge in [-0.05, 0) is 91.6 Å². The molecule has 52 heavy (non-hydrogen) atoms. The van der Waals surface area contributed by atoms with Crippen molar-refractivity contribution in [2.24, 2.45) is 23.7 Å². The molecule has 4 heterocycles. The highest BCUT2D eigenvalue weighted by Crippen LogP contribution is 2.60. The third-order valence-corrected chi connectivity index (χ3v) is 12.2. The van der Waals surface area contributed by atoms with E-state index in [4.69, 9.17) is 40.3 Å². The van der Waals surface area contributed by atoms with E-state index in [0.29, 0.717) is 52.6 Å². The Morgan fingerprint density at radius 1 is 0.981 bits per heavy atom. The molecule has 4 saturated heterocycles. The van der Waals surface area contributed by atoms with Gasteiger partial charge in [-0.3, -0.25) is 9.52 Å². The van der Waals surface area contributed by atoms with E-state index in [9.17, 15) is 13.2 Å². The van der Waals surface area contributed by atoms with Gasteiger partial charge in [-0.1, -0.05) is 61.8 Å². The smallest absolute Gasteiger partial charge is 0.255 e. The zero-order valence-electron chi connectivity index (χ0n) is 29.5. The molecule has 11 nitrogen and oxygen atoms in total. The molecule has 1 saturated carbocycles. The number of nitrogens with one attached hydrogen (secondary N) is 2. The summed E-state index contributed by atoms with van der Waals surface area (Å²) in [4.78, 5) is 25.0. The molecule has 4 aliphatic heterocycles. The normalized spacial score (nSPS) is 31.1. The number of hydrogen-bond acceptors (Lipinski definition) is 9. The van der Waals surface area contributed by atoms with Gasteiger partial charge in [0.25, 0.3) is 15.9 Å². The molecule has 0 radical (unpaired) electrons. The second kappa shape index (κ2) is 15.1. The van der Waals surface area contributed by atoms with Gasteiger partial charge in [0.05, 0.1) is 22.7 Å². The molecule has 1 aliphatic carbocycles. The lowest BCUT2D eigenvalue weighted by Gasteiger charge is -2.60. The van der Waals surface area contributed by atoms with Crippen molar-refractivity contribution in [3.8, 4) is 5.75 Å². The summed E-state index contributed by atoms with van der Waals surface area (Å²) in [7, 11) is -3.74. The number of para-hydroxylation sites is 1. The van der Waals surface area contributed by atoms with Crippen LogP contribution in [0.4, 0.5) is 5.69 Å². The number of sulfonamides is 1. The number of hydrogen-bond donors (Lipinski definition) is 2. The van der Waals surface area contributed by atoms with Crippen LogP contribution in [0.1, 0.15) is 67.9 Å².